The topological polar surface area (TPSA) is 64.7 Å². The number of rotatable bonds is 4. The molecule has 19 heavy (non-hydrogen) atoms. The molecule has 0 aliphatic carbocycles. The summed E-state index contributed by atoms with van der Waals surface area (Å²) in [7, 11) is 0. The van der Waals surface area contributed by atoms with Gasteiger partial charge < -0.3 is 5.73 Å². The normalized spacial score (nSPS) is 11.0. The molecule has 0 atom stereocenters. The number of hydrogen-bond acceptors (Lipinski definition) is 5. The van der Waals surface area contributed by atoms with Crippen LogP contribution < -0.4 is 5.73 Å². The zero-order chi connectivity index (χ0) is 13.1. The Morgan fingerprint density at radius 3 is 2.84 bits per heavy atom. The molecule has 3 aromatic rings. The van der Waals surface area contributed by atoms with Crippen LogP contribution in [0, 0.1) is 0 Å². The molecule has 0 amide bonds. The standard InChI is InChI=1S/C14H14N4S/c15-9-3-6-13-17-18-14(19-13)12-8-7-10-4-1-2-5-11(10)16-12/h1-2,4-5,7-8H,3,6,9,15H2. The number of fused-ring (bicyclic) bond motifs is 1. The Kier molecular flexibility index (Phi) is 3.48. The lowest BCUT2D eigenvalue weighted by Crippen LogP contribution is -1.99. The highest BCUT2D eigenvalue weighted by molar-refractivity contribution is 7.14. The number of hydrogen-bond donors (Lipinski definition) is 1. The Morgan fingerprint density at radius 1 is 1.05 bits per heavy atom. The third-order valence-electron chi connectivity index (χ3n) is 2.88. The van der Waals surface area contributed by atoms with Gasteiger partial charge in [-0.25, -0.2) is 4.98 Å². The van der Waals surface area contributed by atoms with E-state index in [0.29, 0.717) is 6.54 Å². The zero-order valence-corrected chi connectivity index (χ0v) is 11.2. The maximum absolute atomic E-state index is 5.50. The number of aromatic nitrogens is 3. The molecule has 1 aromatic carbocycles. The molecule has 0 spiro atoms. The highest BCUT2D eigenvalue weighted by Crippen LogP contribution is 2.24. The number of nitrogens with zero attached hydrogens (tertiary/aromatic N) is 3. The van der Waals surface area contributed by atoms with Crippen molar-refractivity contribution in [1.29, 1.82) is 0 Å². The van der Waals surface area contributed by atoms with Gasteiger partial charge in [-0.3, -0.25) is 0 Å². The summed E-state index contributed by atoms with van der Waals surface area (Å²) in [6, 6.07) is 12.1. The fraction of sp³-hybridized carbons (Fsp3) is 0.214. The Bertz CT molecular complexity index is 692. The molecule has 96 valence electrons. The van der Waals surface area contributed by atoms with Crippen LogP contribution in [0.4, 0.5) is 0 Å². The first-order valence-electron chi connectivity index (χ1n) is 6.25. The molecule has 4 nitrogen and oxygen atoms in total. The molecule has 0 saturated carbocycles. The highest BCUT2D eigenvalue weighted by atomic mass is 32.1. The minimum absolute atomic E-state index is 0.684. The maximum Gasteiger partial charge on any atom is 0.166 e. The van der Waals surface area contributed by atoms with Crippen LogP contribution in [0.15, 0.2) is 36.4 Å². The van der Waals surface area contributed by atoms with Crippen molar-refractivity contribution in [3.8, 4) is 10.7 Å². The van der Waals surface area contributed by atoms with E-state index in [-0.39, 0.29) is 0 Å². The van der Waals surface area contributed by atoms with Gasteiger partial charge in [-0.1, -0.05) is 35.6 Å². The monoisotopic (exact) mass is 270 g/mol. The van der Waals surface area contributed by atoms with E-state index in [1.54, 1.807) is 11.3 Å². The molecule has 3 rings (SSSR count). The average Bonchev–Trinajstić information content (AvgIpc) is 2.93. The lowest BCUT2D eigenvalue weighted by Gasteiger charge is -1.98. The van der Waals surface area contributed by atoms with Crippen LogP contribution in [0.2, 0.25) is 0 Å². The first kappa shape index (κ1) is 12.2. The number of benzene rings is 1. The largest absolute Gasteiger partial charge is 0.330 e. The van der Waals surface area contributed by atoms with Gasteiger partial charge in [0.25, 0.3) is 0 Å². The van der Waals surface area contributed by atoms with E-state index in [2.05, 4.69) is 27.3 Å². The van der Waals surface area contributed by atoms with Gasteiger partial charge >= 0.3 is 0 Å². The van der Waals surface area contributed by atoms with Crippen LogP contribution in [0.25, 0.3) is 21.6 Å². The molecule has 0 bridgehead atoms. The number of nitrogens with two attached hydrogens (primary N) is 1. The molecule has 2 heterocycles. The van der Waals surface area contributed by atoms with Crippen molar-refractivity contribution < 1.29 is 0 Å². The summed E-state index contributed by atoms with van der Waals surface area (Å²) in [5.74, 6) is 0. The summed E-state index contributed by atoms with van der Waals surface area (Å²) in [5.41, 5.74) is 7.37. The fourth-order valence-electron chi connectivity index (χ4n) is 1.90. The molecule has 2 N–H and O–H groups in total. The second-order valence-corrected chi connectivity index (χ2v) is 5.34. The summed E-state index contributed by atoms with van der Waals surface area (Å²) in [6.45, 7) is 0.684. The van der Waals surface area contributed by atoms with Gasteiger partial charge in [0.05, 0.1) is 5.52 Å². The third kappa shape index (κ3) is 2.62. The molecule has 5 heteroatoms. The second-order valence-electron chi connectivity index (χ2n) is 4.28. The van der Waals surface area contributed by atoms with Crippen molar-refractivity contribution in [3.05, 3.63) is 41.4 Å². The molecular weight excluding hydrogens is 256 g/mol. The van der Waals surface area contributed by atoms with Crippen molar-refractivity contribution in [2.24, 2.45) is 5.73 Å². The van der Waals surface area contributed by atoms with Crippen molar-refractivity contribution in [2.75, 3.05) is 6.54 Å². The van der Waals surface area contributed by atoms with Crippen LogP contribution in [0.5, 0.6) is 0 Å². The third-order valence-corrected chi connectivity index (χ3v) is 3.88. The molecule has 0 radical (unpaired) electrons. The van der Waals surface area contributed by atoms with Gasteiger partial charge in [0, 0.05) is 11.8 Å². The van der Waals surface area contributed by atoms with E-state index in [0.717, 1.165) is 39.5 Å². The van der Waals surface area contributed by atoms with Gasteiger partial charge in [0.1, 0.15) is 10.7 Å². The Morgan fingerprint density at radius 2 is 1.95 bits per heavy atom. The highest BCUT2D eigenvalue weighted by Gasteiger charge is 2.08. The first-order valence-corrected chi connectivity index (χ1v) is 7.07. The predicted octanol–water partition coefficient (Wildman–Crippen LogP) is 2.64. The summed E-state index contributed by atoms with van der Waals surface area (Å²) in [5, 5.41) is 11.4. The van der Waals surface area contributed by atoms with Gasteiger partial charge in [0.2, 0.25) is 0 Å². The van der Waals surface area contributed by atoms with Crippen molar-refractivity contribution in [3.63, 3.8) is 0 Å². The van der Waals surface area contributed by atoms with Crippen molar-refractivity contribution in [1.82, 2.24) is 15.2 Å². The van der Waals surface area contributed by atoms with Gasteiger partial charge in [-0.15, -0.1) is 10.2 Å². The molecule has 2 aromatic heterocycles. The van der Waals surface area contributed by atoms with Crippen LogP contribution in [-0.4, -0.2) is 21.7 Å². The van der Waals surface area contributed by atoms with Crippen LogP contribution >= 0.6 is 11.3 Å². The van der Waals surface area contributed by atoms with E-state index < -0.39 is 0 Å². The summed E-state index contributed by atoms with van der Waals surface area (Å²) >= 11 is 1.59. The summed E-state index contributed by atoms with van der Waals surface area (Å²) in [4.78, 5) is 4.62. The van der Waals surface area contributed by atoms with E-state index >= 15 is 0 Å². The maximum atomic E-state index is 5.50. The number of pyridine rings is 1. The van der Waals surface area contributed by atoms with Crippen molar-refractivity contribution >= 4 is 22.2 Å². The summed E-state index contributed by atoms with van der Waals surface area (Å²) < 4.78 is 0. The second kappa shape index (κ2) is 5.42. The summed E-state index contributed by atoms with van der Waals surface area (Å²) in [6.07, 6.45) is 1.83. The lowest BCUT2D eigenvalue weighted by atomic mass is 10.2. The van der Waals surface area contributed by atoms with Gasteiger partial charge in [0.15, 0.2) is 5.01 Å². The van der Waals surface area contributed by atoms with Crippen LogP contribution in [0.3, 0.4) is 0 Å². The van der Waals surface area contributed by atoms with Gasteiger partial charge in [-0.2, -0.15) is 0 Å². The number of para-hydroxylation sites is 1. The van der Waals surface area contributed by atoms with E-state index in [9.17, 15) is 0 Å². The smallest absolute Gasteiger partial charge is 0.166 e. The predicted molar refractivity (Wildman–Crippen MR) is 78.0 cm³/mol. The quantitative estimate of drug-likeness (QED) is 0.791. The fourth-order valence-corrected chi connectivity index (χ4v) is 2.75. The van der Waals surface area contributed by atoms with E-state index in [1.165, 1.54) is 0 Å². The minimum Gasteiger partial charge on any atom is -0.330 e. The lowest BCUT2D eigenvalue weighted by molar-refractivity contribution is 0.812. The van der Waals surface area contributed by atoms with E-state index in [1.807, 2.05) is 24.3 Å². The molecule has 0 saturated heterocycles. The first-order chi connectivity index (χ1) is 9.36. The van der Waals surface area contributed by atoms with Crippen molar-refractivity contribution in [2.45, 2.75) is 12.8 Å². The zero-order valence-electron chi connectivity index (χ0n) is 10.4. The van der Waals surface area contributed by atoms with Crippen LogP contribution in [0.1, 0.15) is 11.4 Å². The Balaban J connectivity index is 1.92. The molecule has 0 aliphatic heterocycles. The van der Waals surface area contributed by atoms with E-state index in [4.69, 9.17) is 5.73 Å². The van der Waals surface area contributed by atoms with Crippen LogP contribution in [-0.2, 0) is 6.42 Å². The molecule has 0 aliphatic rings. The minimum atomic E-state index is 0.684. The SMILES string of the molecule is NCCCc1nnc(-c2ccc3ccccc3n2)s1. The Labute approximate surface area is 115 Å². The number of aryl methyl sites for hydroxylation is 1. The molecule has 0 unspecified atom stereocenters. The average molecular weight is 270 g/mol. The molecule has 0 fully saturated rings. The molecular formula is C14H14N4S. The Hall–Kier alpha value is -1.85. The van der Waals surface area contributed by atoms with Gasteiger partial charge in [-0.05, 0) is 25.1 Å².